The summed E-state index contributed by atoms with van der Waals surface area (Å²) < 4.78 is 28.6. The lowest BCUT2D eigenvalue weighted by Gasteiger charge is -2.47. The van der Waals surface area contributed by atoms with Crippen LogP contribution in [0.1, 0.15) is 40.5 Å². The SMILES string of the molecule is CO[C@H]1C(C(C)(C)O/C=C/C(C)C)[C@]2(CC[C@H]1OC(=O)Oc1ccc([N+](=O)[O-])cc1)CO2. The number of hydrogen-bond acceptors (Lipinski definition) is 8. The Balaban J connectivity index is 1.70. The van der Waals surface area contributed by atoms with E-state index in [2.05, 4.69) is 13.8 Å². The molecule has 0 aromatic heterocycles. The number of carbonyl (C=O) groups is 1. The van der Waals surface area contributed by atoms with Gasteiger partial charge in [-0.25, -0.2) is 4.79 Å². The summed E-state index contributed by atoms with van der Waals surface area (Å²) >= 11 is 0. The van der Waals surface area contributed by atoms with Crippen LogP contribution in [0.15, 0.2) is 36.6 Å². The van der Waals surface area contributed by atoms with Gasteiger partial charge in [0.2, 0.25) is 0 Å². The smallest absolute Gasteiger partial charge is 0.495 e. The molecule has 0 radical (unpaired) electrons. The second-order valence-electron chi connectivity index (χ2n) is 9.12. The lowest BCUT2D eigenvalue weighted by atomic mass is 9.68. The van der Waals surface area contributed by atoms with Crippen LogP contribution in [0.3, 0.4) is 0 Å². The summed E-state index contributed by atoms with van der Waals surface area (Å²) in [6.07, 6.45) is 3.04. The molecule has 1 saturated carbocycles. The number of carbonyl (C=O) groups excluding carboxylic acids is 1. The van der Waals surface area contributed by atoms with Crippen LogP contribution >= 0.6 is 0 Å². The zero-order chi connectivity index (χ0) is 23.5. The van der Waals surface area contributed by atoms with Crippen molar-refractivity contribution in [3.05, 3.63) is 46.7 Å². The minimum atomic E-state index is -0.893. The summed E-state index contributed by atoms with van der Waals surface area (Å²) in [6, 6.07) is 5.22. The van der Waals surface area contributed by atoms with Gasteiger partial charge in [0.15, 0.2) is 0 Å². The van der Waals surface area contributed by atoms with Crippen LogP contribution < -0.4 is 4.74 Å². The van der Waals surface area contributed by atoms with E-state index in [4.69, 9.17) is 23.7 Å². The Morgan fingerprint density at radius 2 is 1.97 bits per heavy atom. The zero-order valence-electron chi connectivity index (χ0n) is 19.1. The molecular weight excluding hydrogens is 418 g/mol. The van der Waals surface area contributed by atoms with Crippen LogP contribution in [0, 0.1) is 22.0 Å². The van der Waals surface area contributed by atoms with Crippen molar-refractivity contribution in [1.82, 2.24) is 0 Å². The summed E-state index contributed by atoms with van der Waals surface area (Å²) in [5.41, 5.74) is -1.09. The number of benzene rings is 1. The van der Waals surface area contributed by atoms with E-state index in [-0.39, 0.29) is 23.0 Å². The van der Waals surface area contributed by atoms with Crippen LogP contribution in [0.2, 0.25) is 0 Å². The molecule has 2 aliphatic rings. The van der Waals surface area contributed by atoms with Crippen LogP contribution in [0.4, 0.5) is 10.5 Å². The standard InChI is InChI=1S/C23H31NO8/c1-15(2)11-13-29-22(3,4)20-19(28-5)18(10-12-23(20)14-30-23)32-21(25)31-17-8-6-16(7-9-17)24(26)27/h6-9,11,13,15,18-20H,10,12,14H2,1-5H3/b13-11+/t18-,19-,20?,23+/m1/s1. The molecule has 1 unspecified atom stereocenters. The van der Waals surface area contributed by atoms with E-state index in [0.29, 0.717) is 25.4 Å². The van der Waals surface area contributed by atoms with Crippen LogP contribution in [0.25, 0.3) is 0 Å². The first-order valence-electron chi connectivity index (χ1n) is 10.7. The molecule has 4 atom stereocenters. The molecule has 1 aliphatic heterocycles. The fourth-order valence-corrected chi connectivity index (χ4v) is 4.40. The van der Waals surface area contributed by atoms with Crippen molar-refractivity contribution in [1.29, 1.82) is 0 Å². The molecule has 0 amide bonds. The van der Waals surface area contributed by atoms with Crippen LogP contribution in [-0.2, 0) is 18.9 Å². The van der Waals surface area contributed by atoms with Gasteiger partial charge in [0.05, 0.1) is 23.7 Å². The van der Waals surface area contributed by atoms with Gasteiger partial charge in [0, 0.05) is 19.2 Å². The summed E-state index contributed by atoms with van der Waals surface area (Å²) in [5, 5.41) is 10.8. The lowest BCUT2D eigenvalue weighted by Crippen LogP contribution is -2.58. The van der Waals surface area contributed by atoms with Gasteiger partial charge in [-0.05, 0) is 50.8 Å². The Hall–Kier alpha value is -2.65. The molecule has 1 aromatic rings. The van der Waals surface area contributed by atoms with E-state index in [1.807, 2.05) is 19.9 Å². The van der Waals surface area contributed by atoms with Crippen molar-refractivity contribution < 1.29 is 33.4 Å². The molecule has 9 nitrogen and oxygen atoms in total. The minimum absolute atomic E-state index is 0.0937. The zero-order valence-corrected chi connectivity index (χ0v) is 19.1. The second kappa shape index (κ2) is 9.46. The van der Waals surface area contributed by atoms with E-state index in [1.165, 1.54) is 24.3 Å². The molecule has 9 heteroatoms. The number of rotatable bonds is 8. The fourth-order valence-electron chi connectivity index (χ4n) is 4.40. The van der Waals surface area contributed by atoms with Crippen molar-refractivity contribution in [3.63, 3.8) is 0 Å². The molecule has 2 fully saturated rings. The molecule has 1 aromatic carbocycles. The Morgan fingerprint density at radius 3 is 2.50 bits per heavy atom. The third-order valence-electron chi connectivity index (χ3n) is 5.98. The third kappa shape index (κ3) is 5.39. The lowest BCUT2D eigenvalue weighted by molar-refractivity contribution is -0.384. The Kier molecular flexibility index (Phi) is 7.09. The number of nitro groups is 1. The maximum Gasteiger partial charge on any atom is 0.514 e. The quantitative estimate of drug-likeness (QED) is 0.141. The number of hydrogen-bond donors (Lipinski definition) is 0. The van der Waals surface area contributed by atoms with E-state index >= 15 is 0 Å². The van der Waals surface area contributed by atoms with E-state index < -0.39 is 28.9 Å². The van der Waals surface area contributed by atoms with Crippen molar-refractivity contribution in [2.45, 2.75) is 63.9 Å². The molecule has 0 N–H and O–H groups in total. The molecule has 1 spiro atoms. The molecule has 1 aliphatic carbocycles. The van der Waals surface area contributed by atoms with Gasteiger partial charge in [-0.2, -0.15) is 0 Å². The topological polar surface area (TPSA) is 110 Å². The predicted molar refractivity (Wildman–Crippen MR) is 115 cm³/mol. The Labute approximate surface area is 187 Å². The predicted octanol–water partition coefficient (Wildman–Crippen LogP) is 4.64. The average molecular weight is 450 g/mol. The first-order chi connectivity index (χ1) is 15.1. The number of allylic oxidation sites excluding steroid dienone is 1. The number of non-ortho nitro benzene ring substituents is 1. The number of epoxide rings is 1. The summed E-state index contributed by atoms with van der Waals surface area (Å²) in [6.45, 7) is 8.71. The van der Waals surface area contributed by atoms with Crippen LogP contribution in [0.5, 0.6) is 5.75 Å². The van der Waals surface area contributed by atoms with E-state index in [0.717, 1.165) is 0 Å². The highest BCUT2D eigenvalue weighted by atomic mass is 16.7. The van der Waals surface area contributed by atoms with E-state index in [9.17, 15) is 14.9 Å². The van der Waals surface area contributed by atoms with Gasteiger partial charge in [-0.1, -0.05) is 13.8 Å². The monoisotopic (exact) mass is 449 g/mol. The molecule has 1 saturated heterocycles. The van der Waals surface area contributed by atoms with Gasteiger partial charge in [0.1, 0.15) is 29.2 Å². The Bertz CT molecular complexity index is 844. The number of nitro benzene ring substituents is 1. The largest absolute Gasteiger partial charge is 0.514 e. The highest BCUT2D eigenvalue weighted by Gasteiger charge is 2.64. The normalized spacial score (nSPS) is 27.5. The number of ether oxygens (including phenoxy) is 5. The Morgan fingerprint density at radius 1 is 1.31 bits per heavy atom. The fraction of sp³-hybridized carbons (Fsp3) is 0.609. The third-order valence-corrected chi connectivity index (χ3v) is 5.98. The number of methoxy groups -OCH3 is 1. The van der Waals surface area contributed by atoms with Gasteiger partial charge >= 0.3 is 6.16 Å². The molecular formula is C23H31NO8. The maximum absolute atomic E-state index is 12.4. The van der Waals surface area contributed by atoms with Crippen molar-refractivity contribution >= 4 is 11.8 Å². The molecule has 1 heterocycles. The van der Waals surface area contributed by atoms with Gasteiger partial charge in [-0.15, -0.1) is 0 Å². The van der Waals surface area contributed by atoms with Crippen molar-refractivity contribution in [2.24, 2.45) is 11.8 Å². The first kappa shape index (κ1) is 24.0. The minimum Gasteiger partial charge on any atom is -0.495 e. The molecule has 0 bridgehead atoms. The second-order valence-corrected chi connectivity index (χ2v) is 9.12. The summed E-state index contributed by atoms with van der Waals surface area (Å²) in [4.78, 5) is 22.7. The molecule has 3 rings (SSSR count). The van der Waals surface area contributed by atoms with E-state index in [1.54, 1.807) is 13.4 Å². The van der Waals surface area contributed by atoms with Crippen LogP contribution in [-0.4, -0.2) is 48.2 Å². The summed E-state index contributed by atoms with van der Waals surface area (Å²) in [7, 11) is 1.58. The van der Waals surface area contributed by atoms with Gasteiger partial charge < -0.3 is 23.7 Å². The summed E-state index contributed by atoms with van der Waals surface area (Å²) in [5.74, 6) is 0.334. The van der Waals surface area contributed by atoms with Crippen molar-refractivity contribution in [2.75, 3.05) is 13.7 Å². The van der Waals surface area contributed by atoms with Gasteiger partial charge in [0.25, 0.3) is 5.69 Å². The maximum atomic E-state index is 12.4. The average Bonchev–Trinajstić information content (AvgIpc) is 3.48. The highest BCUT2D eigenvalue weighted by molar-refractivity contribution is 5.64. The van der Waals surface area contributed by atoms with Crippen molar-refractivity contribution in [3.8, 4) is 5.75 Å². The van der Waals surface area contributed by atoms with Gasteiger partial charge in [-0.3, -0.25) is 10.1 Å². The first-order valence-corrected chi connectivity index (χ1v) is 10.7. The highest BCUT2D eigenvalue weighted by Crippen LogP contribution is 2.52. The molecule has 176 valence electrons. The number of nitrogens with zero attached hydrogens (tertiary/aromatic N) is 1. The molecule has 32 heavy (non-hydrogen) atoms.